The van der Waals surface area contributed by atoms with Crippen LogP contribution in [0.3, 0.4) is 0 Å². The molecular weight excluding hydrogens is 467 g/mol. The summed E-state index contributed by atoms with van der Waals surface area (Å²) >= 11 is 0. The standard InChI is InChI=1S/C20H29N6O7P/c1-20(2,3)33-19(28)25(4)9-5-6-14(27)24-17-16-18(22-11-21-17)26(12-23-16)15-8-7-13(32-15)10-31-34(29)30/h11-13,15H,5-10H2,1-4H3,(H-,21,22,24,27,29,30)/p+1/t13-,15+/m0/s1. The second-order valence-corrected chi connectivity index (χ2v) is 9.66. The van der Waals surface area contributed by atoms with E-state index < -0.39 is 19.9 Å². The lowest BCUT2D eigenvalue weighted by Crippen LogP contribution is -2.35. The van der Waals surface area contributed by atoms with Crippen molar-refractivity contribution < 1.29 is 33.0 Å². The van der Waals surface area contributed by atoms with Gasteiger partial charge in [-0.2, -0.15) is 0 Å². The van der Waals surface area contributed by atoms with Gasteiger partial charge in [0.25, 0.3) is 0 Å². The summed E-state index contributed by atoms with van der Waals surface area (Å²) in [6.45, 7) is 5.77. The largest absolute Gasteiger partial charge is 0.694 e. The van der Waals surface area contributed by atoms with E-state index in [-0.39, 0.29) is 37.1 Å². The Morgan fingerprint density at radius 1 is 1.32 bits per heavy atom. The fourth-order valence-electron chi connectivity index (χ4n) is 3.42. The van der Waals surface area contributed by atoms with Gasteiger partial charge in [-0.25, -0.2) is 19.7 Å². The Morgan fingerprint density at radius 3 is 2.79 bits per heavy atom. The van der Waals surface area contributed by atoms with E-state index in [2.05, 4.69) is 20.3 Å². The quantitative estimate of drug-likeness (QED) is 0.493. The average Bonchev–Trinajstić information content (AvgIpc) is 3.38. The molecule has 1 unspecified atom stereocenters. The molecule has 3 heterocycles. The number of rotatable bonds is 9. The third kappa shape index (κ3) is 7.13. The van der Waals surface area contributed by atoms with Crippen LogP contribution in [0.2, 0.25) is 0 Å². The van der Waals surface area contributed by atoms with Crippen LogP contribution in [0.1, 0.15) is 52.7 Å². The smallest absolute Gasteiger partial charge is 0.444 e. The molecule has 0 bridgehead atoms. The van der Waals surface area contributed by atoms with Gasteiger partial charge in [0, 0.05) is 24.6 Å². The van der Waals surface area contributed by atoms with Gasteiger partial charge in [0.1, 0.15) is 24.8 Å². The Labute approximate surface area is 197 Å². The minimum absolute atomic E-state index is 0.0221. The maximum Gasteiger partial charge on any atom is 0.694 e. The Bertz CT molecular complexity index is 1040. The van der Waals surface area contributed by atoms with E-state index in [9.17, 15) is 14.2 Å². The van der Waals surface area contributed by atoms with E-state index >= 15 is 0 Å². The highest BCUT2D eigenvalue weighted by Gasteiger charge is 2.31. The number of nitrogens with zero attached hydrogens (tertiary/aromatic N) is 5. The lowest BCUT2D eigenvalue weighted by atomic mass is 10.2. The molecule has 2 aromatic heterocycles. The van der Waals surface area contributed by atoms with Crippen molar-refractivity contribution in [3.05, 3.63) is 12.7 Å². The number of amides is 2. The number of hydrogen-bond donors (Lipinski definition) is 2. The van der Waals surface area contributed by atoms with Crippen LogP contribution in [0.5, 0.6) is 0 Å². The Morgan fingerprint density at radius 2 is 2.09 bits per heavy atom. The molecule has 13 nitrogen and oxygen atoms in total. The van der Waals surface area contributed by atoms with E-state index in [1.54, 1.807) is 38.7 Å². The first-order chi connectivity index (χ1) is 16.0. The molecule has 34 heavy (non-hydrogen) atoms. The Kier molecular flexibility index (Phi) is 8.47. The highest BCUT2D eigenvalue weighted by atomic mass is 31.1. The molecule has 2 amide bonds. The van der Waals surface area contributed by atoms with Gasteiger partial charge < -0.3 is 19.7 Å². The molecule has 0 radical (unpaired) electrons. The SMILES string of the molecule is CN(CCCC(=O)Nc1ncnc2c1ncn2[C@H]1CC[C@@H](CO[P+](=O)O)O1)C(=O)OC(C)(C)C. The molecule has 2 aromatic rings. The third-order valence-corrected chi connectivity index (χ3v) is 5.36. The monoisotopic (exact) mass is 497 g/mol. The number of fused-ring (bicyclic) bond motifs is 1. The number of carbonyl (C=O) groups excluding carboxylic acids is 2. The van der Waals surface area contributed by atoms with Crippen molar-refractivity contribution in [3.63, 3.8) is 0 Å². The van der Waals surface area contributed by atoms with Crippen molar-refractivity contribution in [2.45, 2.75) is 64.4 Å². The van der Waals surface area contributed by atoms with Crippen molar-refractivity contribution in [1.29, 1.82) is 0 Å². The lowest BCUT2D eigenvalue weighted by molar-refractivity contribution is -0.116. The van der Waals surface area contributed by atoms with Crippen LogP contribution >= 0.6 is 8.25 Å². The van der Waals surface area contributed by atoms with Gasteiger partial charge in [0.05, 0.1) is 12.4 Å². The van der Waals surface area contributed by atoms with Gasteiger partial charge in [-0.15, -0.1) is 9.42 Å². The topological polar surface area (TPSA) is 158 Å². The van der Waals surface area contributed by atoms with Crippen molar-refractivity contribution >= 4 is 37.2 Å². The third-order valence-electron chi connectivity index (χ3n) is 4.99. The normalized spacial score (nSPS) is 18.7. The first-order valence-electron chi connectivity index (χ1n) is 10.9. The number of hydrogen-bond acceptors (Lipinski definition) is 9. The number of carbonyl (C=O) groups is 2. The fraction of sp³-hybridized carbons (Fsp3) is 0.650. The molecular formula is C20H30N6O7P+. The fourth-order valence-corrected chi connectivity index (χ4v) is 3.71. The summed E-state index contributed by atoms with van der Waals surface area (Å²) in [6, 6.07) is 0. The molecule has 1 aliphatic rings. The summed E-state index contributed by atoms with van der Waals surface area (Å²) in [6.07, 6.45) is 3.71. The summed E-state index contributed by atoms with van der Waals surface area (Å²) in [5, 5.41) is 2.75. The van der Waals surface area contributed by atoms with E-state index in [4.69, 9.17) is 18.9 Å². The van der Waals surface area contributed by atoms with Gasteiger partial charge in [-0.1, -0.05) is 0 Å². The zero-order chi connectivity index (χ0) is 24.9. The molecule has 0 aliphatic carbocycles. The van der Waals surface area contributed by atoms with Gasteiger partial charge in [-0.05, 0) is 40.0 Å². The van der Waals surface area contributed by atoms with E-state index in [0.29, 0.717) is 37.0 Å². The highest BCUT2D eigenvalue weighted by Crippen LogP contribution is 2.32. The van der Waals surface area contributed by atoms with Crippen LogP contribution < -0.4 is 5.32 Å². The van der Waals surface area contributed by atoms with Crippen LogP contribution in [0.25, 0.3) is 11.2 Å². The van der Waals surface area contributed by atoms with Crippen molar-refractivity contribution in [2.75, 3.05) is 25.5 Å². The van der Waals surface area contributed by atoms with Crippen molar-refractivity contribution in [3.8, 4) is 0 Å². The molecule has 0 spiro atoms. The first-order valence-corrected chi connectivity index (χ1v) is 12.0. The molecule has 1 fully saturated rings. The molecule has 186 valence electrons. The highest BCUT2D eigenvalue weighted by molar-refractivity contribution is 7.32. The van der Waals surface area contributed by atoms with E-state index in [1.807, 2.05) is 0 Å². The van der Waals surface area contributed by atoms with E-state index in [0.717, 1.165) is 0 Å². The van der Waals surface area contributed by atoms with Gasteiger partial charge in [-0.3, -0.25) is 9.36 Å². The maximum absolute atomic E-state index is 12.4. The van der Waals surface area contributed by atoms with Gasteiger partial charge in [0.2, 0.25) is 5.91 Å². The number of aromatic nitrogens is 4. The average molecular weight is 497 g/mol. The Hall–Kier alpha value is -2.73. The van der Waals surface area contributed by atoms with Gasteiger partial charge in [0.15, 0.2) is 17.0 Å². The number of anilines is 1. The summed E-state index contributed by atoms with van der Waals surface area (Å²) < 4.78 is 28.4. The summed E-state index contributed by atoms with van der Waals surface area (Å²) in [5.74, 6) is 0.0176. The summed E-state index contributed by atoms with van der Waals surface area (Å²) in [7, 11) is -1.05. The Balaban J connectivity index is 1.55. The molecule has 14 heteroatoms. The first kappa shape index (κ1) is 25.9. The number of imidazole rings is 1. The summed E-state index contributed by atoms with van der Waals surface area (Å²) in [5.41, 5.74) is 0.335. The molecule has 2 N–H and O–H groups in total. The molecule has 3 atom stereocenters. The molecule has 3 rings (SSSR count). The molecule has 0 aromatic carbocycles. The summed E-state index contributed by atoms with van der Waals surface area (Å²) in [4.78, 5) is 47.4. The van der Waals surface area contributed by atoms with Crippen molar-refractivity contribution in [2.24, 2.45) is 0 Å². The second-order valence-electron chi connectivity index (χ2n) is 8.92. The van der Waals surface area contributed by atoms with E-state index in [1.165, 1.54) is 11.2 Å². The van der Waals surface area contributed by atoms with Crippen LogP contribution in [0.15, 0.2) is 12.7 Å². The number of nitrogens with one attached hydrogen (secondary N) is 1. The van der Waals surface area contributed by atoms with Gasteiger partial charge >= 0.3 is 14.3 Å². The molecule has 0 saturated carbocycles. The minimum Gasteiger partial charge on any atom is -0.444 e. The second kappa shape index (κ2) is 11.1. The van der Waals surface area contributed by atoms with Crippen LogP contribution in [-0.4, -0.2) is 73.2 Å². The number of ether oxygens (including phenoxy) is 2. The maximum atomic E-state index is 12.4. The zero-order valence-corrected chi connectivity index (χ0v) is 20.5. The molecule has 1 saturated heterocycles. The van der Waals surface area contributed by atoms with Crippen LogP contribution in [0.4, 0.5) is 10.6 Å². The lowest BCUT2D eigenvalue weighted by Gasteiger charge is -2.24. The van der Waals surface area contributed by atoms with Crippen LogP contribution in [0, 0.1) is 0 Å². The zero-order valence-electron chi connectivity index (χ0n) is 19.6. The van der Waals surface area contributed by atoms with Crippen LogP contribution in [-0.2, 0) is 23.4 Å². The minimum atomic E-state index is -2.67. The molecule has 1 aliphatic heterocycles. The predicted octanol–water partition coefficient (Wildman–Crippen LogP) is 2.76. The predicted molar refractivity (Wildman–Crippen MR) is 121 cm³/mol. The van der Waals surface area contributed by atoms with Crippen molar-refractivity contribution in [1.82, 2.24) is 24.4 Å².